The summed E-state index contributed by atoms with van der Waals surface area (Å²) in [5.41, 5.74) is -0.844. The van der Waals surface area contributed by atoms with E-state index in [2.05, 4.69) is 0 Å². The number of carbonyl (C=O) groups is 2. The molecule has 0 heterocycles. The average molecular weight is 388 g/mol. The third-order valence-corrected chi connectivity index (χ3v) is 8.08. The second kappa shape index (κ2) is 9.52. The van der Waals surface area contributed by atoms with Crippen LogP contribution in [0.5, 0.6) is 0 Å². The van der Waals surface area contributed by atoms with Crippen LogP contribution in [-0.4, -0.2) is 28.8 Å². The number of carbonyl (C=O) groups excluding carboxylic acids is 1. The highest BCUT2D eigenvalue weighted by Crippen LogP contribution is 2.52. The molecule has 0 fully saturated rings. The Morgan fingerprint density at radius 1 is 1.00 bits per heavy atom. The molecule has 0 aliphatic carbocycles. The Labute approximate surface area is 159 Å². The van der Waals surface area contributed by atoms with Crippen molar-refractivity contribution in [3.8, 4) is 0 Å². The number of rotatable bonds is 9. The normalized spacial score (nSPS) is 13.6. The molecule has 0 saturated heterocycles. The first kappa shape index (κ1) is 20.9. The quantitative estimate of drug-likeness (QED) is 0.525. The highest BCUT2D eigenvalue weighted by atomic mass is 31.2. The van der Waals surface area contributed by atoms with Crippen LogP contribution in [0.4, 0.5) is 0 Å². The highest BCUT2D eigenvalue weighted by Gasteiger charge is 2.45. The molecule has 2 aromatic rings. The number of hydrogen-bond donors (Lipinski definition) is 1. The van der Waals surface area contributed by atoms with Crippen LogP contribution in [0.3, 0.4) is 0 Å². The summed E-state index contributed by atoms with van der Waals surface area (Å²) in [4.78, 5) is 23.5. The van der Waals surface area contributed by atoms with Crippen LogP contribution in [0.2, 0.25) is 0 Å². The molecule has 2 aromatic carbocycles. The van der Waals surface area contributed by atoms with Crippen molar-refractivity contribution in [3.05, 3.63) is 60.7 Å². The maximum Gasteiger partial charge on any atom is 0.345 e. The summed E-state index contributed by atoms with van der Waals surface area (Å²) in [6, 6.07) is 17.8. The van der Waals surface area contributed by atoms with Crippen molar-refractivity contribution in [1.82, 2.24) is 0 Å². The van der Waals surface area contributed by atoms with Crippen molar-refractivity contribution < 1.29 is 24.0 Å². The molecule has 1 N–H and O–H groups in total. The Morgan fingerprint density at radius 3 is 1.85 bits per heavy atom. The molecule has 2 rings (SSSR count). The van der Waals surface area contributed by atoms with Crippen LogP contribution < -0.4 is 10.6 Å². The molecule has 0 aromatic heterocycles. The van der Waals surface area contributed by atoms with E-state index in [0.29, 0.717) is 23.5 Å². The van der Waals surface area contributed by atoms with Gasteiger partial charge in [0, 0.05) is 17.5 Å². The number of carboxylic acid groups (broad SMARTS) is 1. The van der Waals surface area contributed by atoms with E-state index in [1.165, 1.54) is 6.92 Å². The molecule has 0 unspecified atom stereocenters. The molecule has 0 bridgehead atoms. The molecule has 6 heteroatoms. The van der Waals surface area contributed by atoms with Crippen LogP contribution in [0.25, 0.3) is 0 Å². The third-order valence-electron chi connectivity index (χ3n) is 4.49. The van der Waals surface area contributed by atoms with Gasteiger partial charge in [0.2, 0.25) is 6.10 Å². The Hall–Kier alpha value is -2.39. The van der Waals surface area contributed by atoms with E-state index in [1.54, 1.807) is 48.5 Å². The molecule has 0 saturated carbocycles. The zero-order valence-electron chi connectivity index (χ0n) is 15.6. The number of esters is 1. The van der Waals surface area contributed by atoms with Gasteiger partial charge in [-0.05, 0) is 6.42 Å². The molecule has 27 heavy (non-hydrogen) atoms. The van der Waals surface area contributed by atoms with Crippen LogP contribution in [0, 0.1) is 0 Å². The second-order valence-electron chi connectivity index (χ2n) is 6.41. The van der Waals surface area contributed by atoms with Crippen molar-refractivity contribution >= 4 is 29.7 Å². The predicted molar refractivity (Wildman–Crippen MR) is 106 cm³/mol. The monoisotopic (exact) mass is 388 g/mol. The smallest absolute Gasteiger partial charge is 0.345 e. The summed E-state index contributed by atoms with van der Waals surface area (Å²) in [5.74, 6) is -1.98. The highest BCUT2D eigenvalue weighted by molar-refractivity contribution is 7.79. The van der Waals surface area contributed by atoms with Gasteiger partial charge in [0.15, 0.2) is 0 Å². The Morgan fingerprint density at radius 2 is 1.48 bits per heavy atom. The lowest BCUT2D eigenvalue weighted by molar-refractivity contribution is -0.162. The lowest BCUT2D eigenvalue weighted by Crippen LogP contribution is -2.42. The maximum atomic E-state index is 14.5. The summed E-state index contributed by atoms with van der Waals surface area (Å²) >= 11 is 0. The number of hydrogen-bond acceptors (Lipinski definition) is 4. The molecule has 0 spiro atoms. The summed E-state index contributed by atoms with van der Waals surface area (Å²) in [6.45, 7) is 3.15. The SMILES string of the molecule is CCCC[C@H]([C@H](OC(C)=O)C(=O)O)P(=O)(c1ccccc1)c1ccccc1. The van der Waals surface area contributed by atoms with Gasteiger partial charge in [0.25, 0.3) is 0 Å². The lowest BCUT2D eigenvalue weighted by Gasteiger charge is -2.32. The van der Waals surface area contributed by atoms with E-state index in [0.717, 1.165) is 6.42 Å². The third kappa shape index (κ3) is 4.86. The largest absolute Gasteiger partial charge is 0.478 e. The zero-order chi connectivity index (χ0) is 19.9. The van der Waals surface area contributed by atoms with Crippen molar-refractivity contribution in [3.63, 3.8) is 0 Å². The van der Waals surface area contributed by atoms with E-state index in [1.807, 2.05) is 19.1 Å². The van der Waals surface area contributed by atoms with E-state index < -0.39 is 30.8 Å². The van der Waals surface area contributed by atoms with Crippen LogP contribution >= 0.6 is 7.14 Å². The molecule has 0 radical (unpaired) electrons. The van der Waals surface area contributed by atoms with Gasteiger partial charge in [-0.3, -0.25) is 4.79 Å². The maximum absolute atomic E-state index is 14.5. The fourth-order valence-corrected chi connectivity index (χ4v) is 6.65. The number of carboxylic acids is 1. The topological polar surface area (TPSA) is 80.7 Å². The van der Waals surface area contributed by atoms with Crippen LogP contribution in [-0.2, 0) is 18.9 Å². The Bertz CT molecular complexity index is 760. The first-order valence-electron chi connectivity index (χ1n) is 9.02. The summed E-state index contributed by atoms with van der Waals surface area (Å²) in [7, 11) is -3.39. The minimum Gasteiger partial charge on any atom is -0.478 e. The lowest BCUT2D eigenvalue weighted by atomic mass is 10.1. The molecule has 0 aliphatic rings. The predicted octanol–water partition coefficient (Wildman–Crippen LogP) is 3.58. The number of unbranched alkanes of at least 4 members (excludes halogenated alkanes) is 1. The van der Waals surface area contributed by atoms with E-state index in [-0.39, 0.29) is 0 Å². The van der Waals surface area contributed by atoms with E-state index >= 15 is 0 Å². The molecule has 2 atom stereocenters. The van der Waals surface area contributed by atoms with Gasteiger partial charge in [-0.25, -0.2) is 4.79 Å². The van der Waals surface area contributed by atoms with Crippen LogP contribution in [0.1, 0.15) is 33.1 Å². The number of aliphatic carboxylic acids is 1. The van der Waals surface area contributed by atoms with Gasteiger partial charge < -0.3 is 14.4 Å². The van der Waals surface area contributed by atoms with Gasteiger partial charge in [0.1, 0.15) is 7.14 Å². The first-order chi connectivity index (χ1) is 12.9. The van der Waals surface area contributed by atoms with Crippen molar-refractivity contribution in [2.45, 2.75) is 44.9 Å². The van der Waals surface area contributed by atoms with Crippen molar-refractivity contribution in [2.75, 3.05) is 0 Å². The van der Waals surface area contributed by atoms with Crippen molar-refractivity contribution in [1.29, 1.82) is 0 Å². The second-order valence-corrected chi connectivity index (χ2v) is 9.42. The molecule has 5 nitrogen and oxygen atoms in total. The Balaban J connectivity index is 2.68. The van der Waals surface area contributed by atoms with Gasteiger partial charge in [-0.15, -0.1) is 0 Å². The fourth-order valence-electron chi connectivity index (χ4n) is 3.24. The molecule has 0 aliphatic heterocycles. The molecule has 0 amide bonds. The molecule has 144 valence electrons. The number of ether oxygens (including phenoxy) is 1. The zero-order valence-corrected chi connectivity index (χ0v) is 16.5. The van der Waals surface area contributed by atoms with Gasteiger partial charge >= 0.3 is 11.9 Å². The average Bonchev–Trinajstić information content (AvgIpc) is 2.68. The first-order valence-corrected chi connectivity index (χ1v) is 10.8. The van der Waals surface area contributed by atoms with E-state index in [4.69, 9.17) is 4.74 Å². The van der Waals surface area contributed by atoms with Crippen molar-refractivity contribution in [2.24, 2.45) is 0 Å². The van der Waals surface area contributed by atoms with Crippen LogP contribution in [0.15, 0.2) is 60.7 Å². The fraction of sp³-hybridized carbons (Fsp3) is 0.333. The standard InChI is InChI=1S/C21H25O5P/c1-3-4-15-19(20(21(23)24)26-16(2)22)27(25,17-11-7-5-8-12-17)18-13-9-6-10-14-18/h5-14,19-20H,3-4,15H2,1-2H3,(H,23,24)/t19-,20+/m1/s1. The summed E-state index contributed by atoms with van der Waals surface area (Å²) in [5, 5.41) is 10.9. The van der Waals surface area contributed by atoms with Gasteiger partial charge in [-0.1, -0.05) is 80.4 Å². The minimum atomic E-state index is -3.39. The minimum absolute atomic E-state index is 0.377. The van der Waals surface area contributed by atoms with E-state index in [9.17, 15) is 19.3 Å². The summed E-state index contributed by atoms with van der Waals surface area (Å²) in [6.07, 6.45) is 0.397. The Kier molecular flexibility index (Phi) is 7.37. The van der Waals surface area contributed by atoms with Gasteiger partial charge in [0.05, 0.1) is 5.66 Å². The molecular formula is C21H25O5P. The molecular weight excluding hydrogens is 363 g/mol. The number of benzene rings is 2. The summed E-state index contributed by atoms with van der Waals surface area (Å²) < 4.78 is 19.6. The van der Waals surface area contributed by atoms with Gasteiger partial charge in [-0.2, -0.15) is 0 Å².